The average Bonchev–Trinajstić information content (AvgIpc) is 2.58. The van der Waals surface area contributed by atoms with E-state index in [9.17, 15) is 15.0 Å². The van der Waals surface area contributed by atoms with Gasteiger partial charge in [-0.25, -0.2) is 5.43 Å². The maximum absolute atomic E-state index is 11.7. The van der Waals surface area contributed by atoms with Gasteiger partial charge >= 0.3 is 0 Å². The number of rotatable bonds is 6. The van der Waals surface area contributed by atoms with Crippen molar-refractivity contribution in [1.29, 1.82) is 0 Å². The number of ether oxygens (including phenoxy) is 1. The molecule has 7 nitrogen and oxygen atoms in total. The van der Waals surface area contributed by atoms with Crippen LogP contribution < -0.4 is 10.2 Å². The van der Waals surface area contributed by atoms with Crippen LogP contribution in [0.3, 0.4) is 0 Å². The van der Waals surface area contributed by atoms with Crippen LogP contribution in [0.4, 0.5) is 0 Å². The normalized spacial score (nSPS) is 10.8. The van der Waals surface area contributed by atoms with Crippen LogP contribution in [-0.2, 0) is 11.4 Å². The molecule has 0 radical (unpaired) electrons. The quantitative estimate of drug-likeness (QED) is 0.544. The Morgan fingerprint density at radius 3 is 2.79 bits per heavy atom. The van der Waals surface area contributed by atoms with Crippen LogP contribution >= 0.6 is 11.6 Å². The Hall–Kier alpha value is -2.64. The number of benzene rings is 1. The standard InChI is InChI=1S/C16H16ClN3O4/c1-10-16(23)14(11(8-21)6-18-10)7-19-20-15(22)9-24-13-4-2-12(17)3-5-13/h2-7,21,23H,8-9H2,1H3,(H,20,22). The summed E-state index contributed by atoms with van der Waals surface area (Å²) in [4.78, 5) is 15.6. The van der Waals surface area contributed by atoms with Gasteiger partial charge in [0.15, 0.2) is 6.61 Å². The zero-order valence-corrected chi connectivity index (χ0v) is 13.6. The minimum Gasteiger partial charge on any atom is -0.505 e. The van der Waals surface area contributed by atoms with Crippen LogP contribution in [0.1, 0.15) is 16.8 Å². The second-order valence-corrected chi connectivity index (χ2v) is 5.26. The monoisotopic (exact) mass is 349 g/mol. The number of amides is 1. The van der Waals surface area contributed by atoms with E-state index in [2.05, 4.69) is 15.5 Å². The Morgan fingerprint density at radius 1 is 1.42 bits per heavy atom. The molecule has 0 fully saturated rings. The minimum atomic E-state index is -0.475. The first-order valence-electron chi connectivity index (χ1n) is 7.00. The number of aromatic nitrogens is 1. The number of hydrogen-bond acceptors (Lipinski definition) is 6. The predicted molar refractivity (Wildman–Crippen MR) is 89.2 cm³/mol. The topological polar surface area (TPSA) is 104 Å². The van der Waals surface area contributed by atoms with Crippen molar-refractivity contribution in [3.05, 3.63) is 52.3 Å². The van der Waals surface area contributed by atoms with E-state index in [4.69, 9.17) is 16.3 Å². The van der Waals surface area contributed by atoms with Crippen LogP contribution in [0.2, 0.25) is 5.02 Å². The molecule has 0 aliphatic heterocycles. The van der Waals surface area contributed by atoms with Gasteiger partial charge in [-0.15, -0.1) is 0 Å². The van der Waals surface area contributed by atoms with Crippen molar-refractivity contribution in [2.24, 2.45) is 5.10 Å². The molecule has 126 valence electrons. The van der Waals surface area contributed by atoms with Crippen LogP contribution in [0.5, 0.6) is 11.5 Å². The lowest BCUT2D eigenvalue weighted by Crippen LogP contribution is -2.24. The van der Waals surface area contributed by atoms with Gasteiger partial charge < -0.3 is 14.9 Å². The molecule has 0 aliphatic carbocycles. The van der Waals surface area contributed by atoms with Crippen molar-refractivity contribution in [2.75, 3.05) is 6.61 Å². The molecule has 1 amide bonds. The van der Waals surface area contributed by atoms with Crippen LogP contribution in [0.15, 0.2) is 35.6 Å². The summed E-state index contributed by atoms with van der Waals surface area (Å²) in [5, 5.41) is 23.5. The van der Waals surface area contributed by atoms with Gasteiger partial charge in [-0.3, -0.25) is 9.78 Å². The summed E-state index contributed by atoms with van der Waals surface area (Å²) in [5.74, 6) is -0.0718. The third-order valence-corrected chi connectivity index (χ3v) is 3.35. The molecule has 0 bridgehead atoms. The Bertz CT molecular complexity index is 748. The molecule has 0 atom stereocenters. The maximum atomic E-state index is 11.7. The van der Waals surface area contributed by atoms with E-state index in [1.54, 1.807) is 31.2 Å². The largest absolute Gasteiger partial charge is 0.505 e. The summed E-state index contributed by atoms with van der Waals surface area (Å²) in [6.45, 7) is 1.08. The number of pyridine rings is 1. The number of aliphatic hydroxyl groups excluding tert-OH is 1. The Kier molecular flexibility index (Phi) is 6.11. The number of hydrogen-bond donors (Lipinski definition) is 3. The summed E-state index contributed by atoms with van der Waals surface area (Å²) in [6.07, 6.45) is 2.68. The number of aromatic hydroxyl groups is 1. The molecule has 1 heterocycles. The van der Waals surface area contributed by atoms with E-state index in [0.29, 0.717) is 27.6 Å². The molecule has 0 aliphatic rings. The van der Waals surface area contributed by atoms with E-state index in [-0.39, 0.29) is 19.0 Å². The van der Waals surface area contributed by atoms with Gasteiger partial charge in [0.2, 0.25) is 0 Å². The first-order valence-corrected chi connectivity index (χ1v) is 7.37. The molecular weight excluding hydrogens is 334 g/mol. The zero-order valence-electron chi connectivity index (χ0n) is 12.9. The number of aliphatic hydroxyl groups is 1. The third kappa shape index (κ3) is 4.68. The van der Waals surface area contributed by atoms with Crippen molar-refractivity contribution in [3.8, 4) is 11.5 Å². The van der Waals surface area contributed by atoms with E-state index in [1.807, 2.05) is 0 Å². The number of carbonyl (C=O) groups is 1. The highest BCUT2D eigenvalue weighted by Gasteiger charge is 2.09. The van der Waals surface area contributed by atoms with Gasteiger partial charge in [0.25, 0.3) is 5.91 Å². The summed E-state index contributed by atoms with van der Waals surface area (Å²) >= 11 is 5.75. The summed E-state index contributed by atoms with van der Waals surface area (Å²) in [5.41, 5.74) is 3.36. The molecule has 1 aromatic heterocycles. The molecule has 0 saturated carbocycles. The summed E-state index contributed by atoms with van der Waals surface area (Å²) in [6, 6.07) is 6.59. The second kappa shape index (κ2) is 8.28. The fraction of sp³-hybridized carbons (Fsp3) is 0.188. The number of nitrogens with one attached hydrogen (secondary N) is 1. The fourth-order valence-corrected chi connectivity index (χ4v) is 1.93. The van der Waals surface area contributed by atoms with Gasteiger partial charge in [-0.2, -0.15) is 5.10 Å². The predicted octanol–water partition coefficient (Wildman–Crippen LogP) is 1.77. The van der Waals surface area contributed by atoms with Crippen molar-refractivity contribution in [3.63, 3.8) is 0 Å². The summed E-state index contributed by atoms with van der Waals surface area (Å²) in [7, 11) is 0. The van der Waals surface area contributed by atoms with Crippen molar-refractivity contribution in [1.82, 2.24) is 10.4 Å². The number of hydrazone groups is 1. The van der Waals surface area contributed by atoms with E-state index < -0.39 is 5.91 Å². The Balaban J connectivity index is 1.93. The molecule has 8 heteroatoms. The number of carbonyl (C=O) groups excluding carboxylic acids is 1. The molecule has 2 aromatic rings. The van der Waals surface area contributed by atoms with E-state index in [0.717, 1.165) is 0 Å². The first-order chi connectivity index (χ1) is 11.5. The molecule has 24 heavy (non-hydrogen) atoms. The Morgan fingerprint density at radius 2 is 2.12 bits per heavy atom. The maximum Gasteiger partial charge on any atom is 0.277 e. The van der Waals surface area contributed by atoms with Gasteiger partial charge in [0, 0.05) is 22.3 Å². The zero-order chi connectivity index (χ0) is 17.5. The van der Waals surface area contributed by atoms with Crippen molar-refractivity contribution in [2.45, 2.75) is 13.5 Å². The molecule has 1 aromatic carbocycles. The lowest BCUT2D eigenvalue weighted by atomic mass is 10.1. The SMILES string of the molecule is Cc1ncc(CO)c(C=NNC(=O)COc2ccc(Cl)cc2)c1O. The molecule has 0 unspecified atom stereocenters. The highest BCUT2D eigenvalue weighted by molar-refractivity contribution is 6.30. The highest BCUT2D eigenvalue weighted by atomic mass is 35.5. The van der Waals surface area contributed by atoms with Crippen LogP contribution in [-0.4, -0.2) is 33.9 Å². The van der Waals surface area contributed by atoms with Crippen molar-refractivity contribution < 1.29 is 19.7 Å². The van der Waals surface area contributed by atoms with Crippen molar-refractivity contribution >= 4 is 23.7 Å². The molecule has 0 saturated heterocycles. The van der Waals surface area contributed by atoms with E-state index >= 15 is 0 Å². The lowest BCUT2D eigenvalue weighted by Gasteiger charge is -2.07. The first kappa shape index (κ1) is 17.7. The number of nitrogens with zero attached hydrogens (tertiary/aromatic N) is 2. The fourth-order valence-electron chi connectivity index (χ4n) is 1.80. The van der Waals surface area contributed by atoms with E-state index in [1.165, 1.54) is 12.4 Å². The second-order valence-electron chi connectivity index (χ2n) is 4.83. The van der Waals surface area contributed by atoms with Crippen LogP contribution in [0, 0.1) is 6.92 Å². The molecular formula is C16H16ClN3O4. The third-order valence-electron chi connectivity index (χ3n) is 3.09. The van der Waals surface area contributed by atoms with Gasteiger partial charge in [0.1, 0.15) is 11.5 Å². The average molecular weight is 350 g/mol. The lowest BCUT2D eigenvalue weighted by molar-refractivity contribution is -0.123. The molecule has 0 spiro atoms. The Labute approximate surface area is 143 Å². The summed E-state index contributed by atoms with van der Waals surface area (Å²) < 4.78 is 5.27. The van der Waals surface area contributed by atoms with Gasteiger partial charge in [-0.05, 0) is 31.2 Å². The minimum absolute atomic E-state index is 0.100. The molecule has 3 N–H and O–H groups in total. The van der Waals surface area contributed by atoms with Gasteiger partial charge in [0.05, 0.1) is 18.5 Å². The smallest absolute Gasteiger partial charge is 0.277 e. The number of aryl methyl sites for hydroxylation is 1. The number of halogens is 1. The van der Waals surface area contributed by atoms with Crippen LogP contribution in [0.25, 0.3) is 0 Å². The molecule has 2 rings (SSSR count). The highest BCUT2D eigenvalue weighted by Crippen LogP contribution is 2.21. The van der Waals surface area contributed by atoms with Gasteiger partial charge in [-0.1, -0.05) is 11.6 Å².